The molecule has 0 amide bonds. The van der Waals surface area contributed by atoms with Gasteiger partial charge in [-0.05, 0) is 12.5 Å². The minimum absolute atomic E-state index is 0.0688. The number of carbonyl (C=O) groups excluding carboxylic acids is 1. The van der Waals surface area contributed by atoms with Crippen molar-refractivity contribution in [3.05, 3.63) is 28.0 Å². The van der Waals surface area contributed by atoms with Crippen molar-refractivity contribution in [2.45, 2.75) is 25.7 Å². The molecule has 0 aliphatic heterocycles. The summed E-state index contributed by atoms with van der Waals surface area (Å²) < 4.78 is 30.4. The molecule has 0 aliphatic carbocycles. The van der Waals surface area contributed by atoms with Crippen LogP contribution in [0.2, 0.25) is 5.02 Å². The zero-order chi connectivity index (χ0) is 13.7. The number of ether oxygens (including phenoxy) is 1. The summed E-state index contributed by atoms with van der Waals surface area (Å²) in [6, 6.07) is 0. The molecule has 0 N–H and O–H groups in total. The van der Waals surface area contributed by atoms with Crippen molar-refractivity contribution in [3.8, 4) is 0 Å². The molecule has 18 heavy (non-hydrogen) atoms. The van der Waals surface area contributed by atoms with Gasteiger partial charge < -0.3 is 4.74 Å². The van der Waals surface area contributed by atoms with Crippen LogP contribution >= 0.6 is 23.2 Å². The molecule has 0 unspecified atom stereocenters. The molecule has 0 spiro atoms. The maximum Gasteiger partial charge on any atom is 0.311 e. The summed E-state index contributed by atoms with van der Waals surface area (Å²) in [7, 11) is 0. The predicted molar refractivity (Wildman–Crippen MR) is 64.1 cm³/mol. The standard InChI is InChI=1S/C11H11Cl2F2NO2/c1-2-18-8(17)3-7-10(13)9(11(14)15)6(4-12)5-16-7/h5,11H,2-4H2,1H3. The highest BCUT2D eigenvalue weighted by atomic mass is 35.5. The first-order valence-corrected chi connectivity index (χ1v) is 6.08. The van der Waals surface area contributed by atoms with Crippen molar-refractivity contribution in [1.82, 2.24) is 4.98 Å². The van der Waals surface area contributed by atoms with Crippen LogP contribution in [0.25, 0.3) is 0 Å². The van der Waals surface area contributed by atoms with Gasteiger partial charge in [0.2, 0.25) is 0 Å². The van der Waals surface area contributed by atoms with Gasteiger partial charge in [0, 0.05) is 17.6 Å². The lowest BCUT2D eigenvalue weighted by molar-refractivity contribution is -0.142. The Hall–Kier alpha value is -0.940. The van der Waals surface area contributed by atoms with Gasteiger partial charge in [-0.3, -0.25) is 9.78 Å². The highest BCUT2D eigenvalue weighted by molar-refractivity contribution is 6.32. The van der Waals surface area contributed by atoms with Gasteiger partial charge in [-0.25, -0.2) is 8.78 Å². The van der Waals surface area contributed by atoms with Gasteiger partial charge in [-0.1, -0.05) is 11.6 Å². The van der Waals surface area contributed by atoms with Crippen molar-refractivity contribution < 1.29 is 18.3 Å². The van der Waals surface area contributed by atoms with E-state index in [0.717, 1.165) is 0 Å². The molecule has 1 aromatic rings. The Kier molecular flexibility index (Phi) is 5.75. The third kappa shape index (κ3) is 3.53. The molecule has 0 saturated heterocycles. The summed E-state index contributed by atoms with van der Waals surface area (Å²) in [6.07, 6.45) is -1.81. The first-order valence-electron chi connectivity index (χ1n) is 5.17. The maximum atomic E-state index is 12.9. The third-order valence-corrected chi connectivity index (χ3v) is 2.90. The van der Waals surface area contributed by atoms with Crippen LogP contribution in [-0.2, 0) is 21.8 Å². The van der Waals surface area contributed by atoms with Crippen LogP contribution in [0, 0.1) is 0 Å². The van der Waals surface area contributed by atoms with E-state index in [4.69, 9.17) is 27.9 Å². The molecule has 0 bridgehead atoms. The van der Waals surface area contributed by atoms with Crippen molar-refractivity contribution in [3.63, 3.8) is 0 Å². The molecule has 0 aliphatic rings. The number of alkyl halides is 3. The van der Waals surface area contributed by atoms with Crippen LogP contribution < -0.4 is 0 Å². The molecular weight excluding hydrogens is 287 g/mol. The van der Waals surface area contributed by atoms with Crippen molar-refractivity contribution in [2.24, 2.45) is 0 Å². The summed E-state index contributed by atoms with van der Waals surface area (Å²) in [6.45, 7) is 1.85. The van der Waals surface area contributed by atoms with E-state index in [1.807, 2.05) is 0 Å². The monoisotopic (exact) mass is 297 g/mol. The molecule has 7 heteroatoms. The zero-order valence-corrected chi connectivity index (χ0v) is 11.1. The number of hydrogen-bond donors (Lipinski definition) is 0. The van der Waals surface area contributed by atoms with E-state index in [0.29, 0.717) is 0 Å². The van der Waals surface area contributed by atoms with E-state index in [-0.39, 0.29) is 40.8 Å². The lowest BCUT2D eigenvalue weighted by Gasteiger charge is -2.11. The van der Waals surface area contributed by atoms with Crippen LogP contribution in [0.15, 0.2) is 6.20 Å². The summed E-state index contributed by atoms with van der Waals surface area (Å²) in [4.78, 5) is 15.1. The summed E-state index contributed by atoms with van der Waals surface area (Å²) in [5.41, 5.74) is -0.149. The topological polar surface area (TPSA) is 39.2 Å². The Morgan fingerprint density at radius 2 is 2.22 bits per heavy atom. The Labute approximate surface area is 113 Å². The molecule has 100 valence electrons. The predicted octanol–water partition coefficient (Wildman–Crippen LogP) is 3.52. The number of aromatic nitrogens is 1. The molecular formula is C11H11Cl2F2NO2. The van der Waals surface area contributed by atoms with Gasteiger partial charge in [0.15, 0.2) is 0 Å². The molecule has 1 heterocycles. The van der Waals surface area contributed by atoms with Gasteiger partial charge >= 0.3 is 5.97 Å². The first-order chi connectivity index (χ1) is 8.51. The fourth-order valence-corrected chi connectivity index (χ4v) is 1.93. The second kappa shape index (κ2) is 6.85. The average Bonchev–Trinajstić information content (AvgIpc) is 2.31. The quantitative estimate of drug-likeness (QED) is 0.617. The highest BCUT2D eigenvalue weighted by Gasteiger charge is 2.21. The average molecular weight is 298 g/mol. The maximum absolute atomic E-state index is 12.9. The molecule has 0 aromatic carbocycles. The minimum atomic E-state index is -2.77. The SMILES string of the molecule is CCOC(=O)Cc1ncc(CCl)c(C(F)F)c1Cl. The molecule has 0 saturated carbocycles. The third-order valence-electron chi connectivity index (χ3n) is 2.19. The molecule has 0 fully saturated rings. The van der Waals surface area contributed by atoms with Crippen LogP contribution in [0.3, 0.4) is 0 Å². The number of rotatable bonds is 5. The Morgan fingerprint density at radius 1 is 1.56 bits per heavy atom. The lowest BCUT2D eigenvalue weighted by Crippen LogP contribution is -2.11. The molecule has 1 rings (SSSR count). The van der Waals surface area contributed by atoms with Gasteiger partial charge in [0.25, 0.3) is 6.43 Å². The van der Waals surface area contributed by atoms with Gasteiger partial charge in [-0.15, -0.1) is 11.6 Å². The van der Waals surface area contributed by atoms with Crippen LogP contribution in [-0.4, -0.2) is 17.6 Å². The fraction of sp³-hybridized carbons (Fsp3) is 0.455. The number of pyridine rings is 1. The second-order valence-corrected chi connectivity index (χ2v) is 4.02. The normalized spacial score (nSPS) is 10.8. The van der Waals surface area contributed by atoms with E-state index in [1.165, 1.54) is 6.20 Å². The Morgan fingerprint density at radius 3 is 2.72 bits per heavy atom. The number of hydrogen-bond acceptors (Lipinski definition) is 3. The van der Waals surface area contributed by atoms with Crippen LogP contribution in [0.5, 0.6) is 0 Å². The number of halogens is 4. The van der Waals surface area contributed by atoms with E-state index >= 15 is 0 Å². The van der Waals surface area contributed by atoms with Crippen molar-refractivity contribution in [2.75, 3.05) is 6.61 Å². The van der Waals surface area contributed by atoms with Gasteiger partial charge in [-0.2, -0.15) is 0 Å². The fourth-order valence-electron chi connectivity index (χ4n) is 1.39. The molecule has 0 atom stereocenters. The second-order valence-electron chi connectivity index (χ2n) is 3.37. The van der Waals surface area contributed by atoms with E-state index in [1.54, 1.807) is 6.92 Å². The first kappa shape index (κ1) is 15.1. The van der Waals surface area contributed by atoms with E-state index < -0.39 is 12.4 Å². The summed E-state index contributed by atoms with van der Waals surface area (Å²) in [5.74, 6) is -0.683. The number of nitrogens with zero attached hydrogens (tertiary/aromatic N) is 1. The summed E-state index contributed by atoms with van der Waals surface area (Å²) >= 11 is 11.4. The van der Waals surface area contributed by atoms with Crippen molar-refractivity contribution >= 4 is 29.2 Å². The Balaban J connectivity index is 3.08. The zero-order valence-electron chi connectivity index (χ0n) is 9.55. The largest absolute Gasteiger partial charge is 0.466 e. The molecule has 3 nitrogen and oxygen atoms in total. The van der Waals surface area contributed by atoms with Gasteiger partial charge in [0.1, 0.15) is 0 Å². The Bertz CT molecular complexity index is 441. The number of carbonyl (C=O) groups is 1. The van der Waals surface area contributed by atoms with E-state index in [2.05, 4.69) is 4.98 Å². The smallest absolute Gasteiger partial charge is 0.311 e. The summed E-state index contributed by atoms with van der Waals surface area (Å²) in [5, 5.41) is -0.226. The van der Waals surface area contributed by atoms with Crippen LogP contribution in [0.4, 0.5) is 8.78 Å². The van der Waals surface area contributed by atoms with Gasteiger partial charge in [0.05, 0.1) is 23.7 Å². The lowest BCUT2D eigenvalue weighted by atomic mass is 10.1. The van der Waals surface area contributed by atoms with E-state index in [9.17, 15) is 13.6 Å². The van der Waals surface area contributed by atoms with Crippen molar-refractivity contribution in [1.29, 1.82) is 0 Å². The highest BCUT2D eigenvalue weighted by Crippen LogP contribution is 2.32. The molecule has 1 aromatic heterocycles. The number of esters is 1. The molecule has 0 radical (unpaired) electrons. The minimum Gasteiger partial charge on any atom is -0.466 e. The van der Waals surface area contributed by atoms with Crippen LogP contribution in [0.1, 0.15) is 30.2 Å².